The van der Waals surface area contributed by atoms with Crippen LogP contribution < -0.4 is 4.72 Å². The van der Waals surface area contributed by atoms with Crippen molar-refractivity contribution in [2.75, 3.05) is 4.72 Å². The molecule has 7 nitrogen and oxygen atoms in total. The molecule has 0 saturated heterocycles. The maximum atomic E-state index is 11.9. The number of aromatic carboxylic acids is 1. The fourth-order valence-corrected chi connectivity index (χ4v) is 2.67. The van der Waals surface area contributed by atoms with Gasteiger partial charge in [0, 0.05) is 6.20 Å². The molecule has 0 unspecified atom stereocenters. The summed E-state index contributed by atoms with van der Waals surface area (Å²) in [5.74, 6) is -1.73. The molecule has 2 heterocycles. The molecule has 0 aromatic carbocycles. The summed E-state index contributed by atoms with van der Waals surface area (Å²) in [6.07, 6.45) is 1.41. The van der Waals surface area contributed by atoms with Gasteiger partial charge in [0.1, 0.15) is 0 Å². The Morgan fingerprint density at radius 1 is 1.37 bits per heavy atom. The molecule has 0 atom stereocenters. The van der Waals surface area contributed by atoms with Crippen molar-refractivity contribution in [2.45, 2.75) is 5.09 Å². The first-order chi connectivity index (χ1) is 8.90. The maximum Gasteiger partial charge on any atom is 0.371 e. The van der Waals surface area contributed by atoms with Crippen molar-refractivity contribution in [2.24, 2.45) is 0 Å². The van der Waals surface area contributed by atoms with Crippen LogP contribution in [-0.2, 0) is 10.0 Å². The third-order valence-electron chi connectivity index (χ3n) is 2.05. The predicted octanol–water partition coefficient (Wildman–Crippen LogP) is 1.94. The molecule has 19 heavy (non-hydrogen) atoms. The van der Waals surface area contributed by atoms with Gasteiger partial charge in [-0.3, -0.25) is 4.72 Å². The standard InChI is InChI=1S/C10H7BrN2O5S/c11-6-2-1-5-12-9(6)13-19(16,17)8-4-3-7(18-8)10(14)15/h1-5H,(H,12,13)(H,14,15). The van der Waals surface area contributed by atoms with E-state index in [4.69, 9.17) is 9.52 Å². The topological polar surface area (TPSA) is 110 Å². The highest BCUT2D eigenvalue weighted by Gasteiger charge is 2.22. The first-order valence-electron chi connectivity index (χ1n) is 4.86. The molecule has 0 amide bonds. The molecular weight excluding hydrogens is 340 g/mol. The summed E-state index contributed by atoms with van der Waals surface area (Å²) >= 11 is 3.14. The van der Waals surface area contributed by atoms with E-state index in [1.807, 2.05) is 0 Å². The van der Waals surface area contributed by atoms with Crippen LogP contribution in [0.15, 0.2) is 44.4 Å². The zero-order chi connectivity index (χ0) is 14.0. The summed E-state index contributed by atoms with van der Waals surface area (Å²) in [5.41, 5.74) is 0. The van der Waals surface area contributed by atoms with Gasteiger partial charge in [0.15, 0.2) is 5.82 Å². The summed E-state index contributed by atoms with van der Waals surface area (Å²) in [5, 5.41) is 8.17. The molecule has 100 valence electrons. The Morgan fingerprint density at radius 3 is 2.68 bits per heavy atom. The Kier molecular flexibility index (Phi) is 3.58. The Morgan fingerprint density at radius 2 is 2.11 bits per heavy atom. The summed E-state index contributed by atoms with van der Waals surface area (Å²) in [7, 11) is -4.02. The zero-order valence-corrected chi connectivity index (χ0v) is 11.6. The number of nitrogens with zero attached hydrogens (tertiary/aromatic N) is 1. The molecule has 2 rings (SSSR count). The van der Waals surface area contributed by atoms with Gasteiger partial charge >= 0.3 is 5.97 Å². The summed E-state index contributed by atoms with van der Waals surface area (Å²) in [6, 6.07) is 5.35. The number of nitrogens with one attached hydrogen (secondary N) is 1. The van der Waals surface area contributed by atoms with Crippen LogP contribution in [0, 0.1) is 0 Å². The van der Waals surface area contributed by atoms with Crippen molar-refractivity contribution in [3.63, 3.8) is 0 Å². The summed E-state index contributed by atoms with van der Waals surface area (Å²) < 4.78 is 31.2. The largest absolute Gasteiger partial charge is 0.475 e. The third-order valence-corrected chi connectivity index (χ3v) is 3.90. The highest BCUT2D eigenvalue weighted by molar-refractivity contribution is 9.10. The lowest BCUT2D eigenvalue weighted by molar-refractivity contribution is 0.0656. The second-order valence-electron chi connectivity index (χ2n) is 3.36. The van der Waals surface area contributed by atoms with Crippen LogP contribution in [0.1, 0.15) is 10.6 Å². The van der Waals surface area contributed by atoms with Crippen LogP contribution in [-0.4, -0.2) is 24.5 Å². The van der Waals surface area contributed by atoms with E-state index in [0.29, 0.717) is 4.47 Å². The third kappa shape index (κ3) is 2.93. The zero-order valence-electron chi connectivity index (χ0n) is 9.20. The van der Waals surface area contributed by atoms with Gasteiger partial charge in [-0.1, -0.05) is 0 Å². The van der Waals surface area contributed by atoms with E-state index in [9.17, 15) is 13.2 Å². The van der Waals surface area contributed by atoms with E-state index >= 15 is 0 Å². The monoisotopic (exact) mass is 346 g/mol. The van der Waals surface area contributed by atoms with Crippen molar-refractivity contribution in [1.82, 2.24) is 4.98 Å². The maximum absolute atomic E-state index is 11.9. The van der Waals surface area contributed by atoms with Crippen LogP contribution in [0.5, 0.6) is 0 Å². The van der Waals surface area contributed by atoms with Crippen molar-refractivity contribution in [3.05, 3.63) is 40.7 Å². The van der Waals surface area contributed by atoms with Gasteiger partial charge in [-0.25, -0.2) is 9.78 Å². The molecule has 0 radical (unpaired) electrons. The molecule has 0 bridgehead atoms. The van der Waals surface area contributed by atoms with E-state index in [-0.39, 0.29) is 5.82 Å². The van der Waals surface area contributed by atoms with Gasteiger partial charge in [-0.05, 0) is 40.2 Å². The van der Waals surface area contributed by atoms with Gasteiger partial charge in [0.25, 0.3) is 10.0 Å². The fraction of sp³-hybridized carbons (Fsp3) is 0. The highest BCUT2D eigenvalue weighted by Crippen LogP contribution is 2.23. The quantitative estimate of drug-likeness (QED) is 0.875. The van der Waals surface area contributed by atoms with Crippen LogP contribution in [0.2, 0.25) is 0 Å². The Bertz CT molecular complexity index is 725. The number of carbonyl (C=O) groups is 1. The summed E-state index contributed by atoms with van der Waals surface area (Å²) in [4.78, 5) is 14.5. The molecule has 0 fully saturated rings. The Hall–Kier alpha value is -1.87. The molecule has 9 heteroatoms. The number of furan rings is 1. The van der Waals surface area contributed by atoms with E-state index in [1.165, 1.54) is 6.20 Å². The number of halogens is 1. The number of rotatable bonds is 4. The van der Waals surface area contributed by atoms with Gasteiger partial charge in [0.2, 0.25) is 10.9 Å². The smallest absolute Gasteiger partial charge is 0.371 e. The molecule has 0 spiro atoms. The van der Waals surface area contributed by atoms with Crippen molar-refractivity contribution in [3.8, 4) is 0 Å². The molecule has 2 aromatic rings. The number of hydrogen-bond acceptors (Lipinski definition) is 5. The number of carboxylic acid groups (broad SMARTS) is 1. The van der Waals surface area contributed by atoms with E-state index in [0.717, 1.165) is 12.1 Å². The first-order valence-corrected chi connectivity index (χ1v) is 7.14. The first kappa shape index (κ1) is 13.6. The number of hydrogen-bond donors (Lipinski definition) is 2. The molecule has 0 aliphatic rings. The van der Waals surface area contributed by atoms with Crippen LogP contribution in [0.4, 0.5) is 5.82 Å². The lowest BCUT2D eigenvalue weighted by atomic mass is 10.5. The molecular formula is C10H7BrN2O5S. The van der Waals surface area contributed by atoms with Gasteiger partial charge in [0.05, 0.1) is 4.47 Å². The van der Waals surface area contributed by atoms with E-state index < -0.39 is 26.8 Å². The SMILES string of the molecule is O=C(O)c1ccc(S(=O)(=O)Nc2ncccc2Br)o1. The number of pyridine rings is 1. The molecule has 2 aromatic heterocycles. The second kappa shape index (κ2) is 5.02. The molecule has 0 saturated carbocycles. The Balaban J connectivity index is 2.32. The van der Waals surface area contributed by atoms with E-state index in [1.54, 1.807) is 12.1 Å². The average Bonchev–Trinajstić information content (AvgIpc) is 2.82. The van der Waals surface area contributed by atoms with Crippen molar-refractivity contribution < 1.29 is 22.7 Å². The van der Waals surface area contributed by atoms with Crippen molar-refractivity contribution >= 4 is 37.7 Å². The summed E-state index contributed by atoms with van der Waals surface area (Å²) in [6.45, 7) is 0. The van der Waals surface area contributed by atoms with Gasteiger partial charge in [-0.2, -0.15) is 8.42 Å². The van der Waals surface area contributed by atoms with Crippen LogP contribution in [0.25, 0.3) is 0 Å². The van der Waals surface area contributed by atoms with Crippen molar-refractivity contribution in [1.29, 1.82) is 0 Å². The number of anilines is 1. The molecule has 2 N–H and O–H groups in total. The van der Waals surface area contributed by atoms with Gasteiger partial charge in [-0.15, -0.1) is 0 Å². The number of carboxylic acids is 1. The Labute approximate surface area is 116 Å². The fourth-order valence-electron chi connectivity index (χ4n) is 1.22. The minimum Gasteiger partial charge on any atom is -0.475 e. The number of aromatic nitrogens is 1. The molecule has 0 aliphatic heterocycles. The predicted molar refractivity (Wildman–Crippen MR) is 68.4 cm³/mol. The highest BCUT2D eigenvalue weighted by atomic mass is 79.9. The van der Waals surface area contributed by atoms with Gasteiger partial charge < -0.3 is 9.52 Å². The minimum absolute atomic E-state index is 0.0794. The lowest BCUT2D eigenvalue weighted by Gasteiger charge is -2.05. The lowest BCUT2D eigenvalue weighted by Crippen LogP contribution is -2.13. The molecule has 0 aliphatic carbocycles. The minimum atomic E-state index is -4.02. The average molecular weight is 347 g/mol. The van der Waals surface area contributed by atoms with Crippen LogP contribution >= 0.6 is 15.9 Å². The van der Waals surface area contributed by atoms with Crippen LogP contribution in [0.3, 0.4) is 0 Å². The van der Waals surface area contributed by atoms with E-state index in [2.05, 4.69) is 25.6 Å². The number of sulfonamides is 1. The second-order valence-corrected chi connectivity index (χ2v) is 5.83. The normalized spacial score (nSPS) is 11.2.